The van der Waals surface area contributed by atoms with Crippen LogP contribution in [-0.4, -0.2) is 25.9 Å². The van der Waals surface area contributed by atoms with Crippen LogP contribution in [0.25, 0.3) is 0 Å². The number of furan rings is 1. The maximum Gasteiger partial charge on any atom is 0.123 e. The van der Waals surface area contributed by atoms with E-state index in [1.165, 1.54) is 12.8 Å². The number of ether oxygens (including phenoxy) is 2. The van der Waals surface area contributed by atoms with Crippen LogP contribution in [0.4, 0.5) is 0 Å². The van der Waals surface area contributed by atoms with Crippen molar-refractivity contribution in [3.63, 3.8) is 0 Å². The van der Waals surface area contributed by atoms with Crippen molar-refractivity contribution < 1.29 is 13.9 Å². The zero-order chi connectivity index (χ0) is 13.5. The maximum absolute atomic E-state index is 5.61. The van der Waals surface area contributed by atoms with Gasteiger partial charge in [0, 0.05) is 18.2 Å². The van der Waals surface area contributed by atoms with E-state index in [4.69, 9.17) is 13.9 Å². The number of hydrogen-bond acceptors (Lipinski definition) is 4. The van der Waals surface area contributed by atoms with Crippen LogP contribution in [0, 0.1) is 5.92 Å². The van der Waals surface area contributed by atoms with Crippen LogP contribution in [0.3, 0.4) is 0 Å². The van der Waals surface area contributed by atoms with Crippen molar-refractivity contribution in [1.82, 2.24) is 5.32 Å². The van der Waals surface area contributed by atoms with Gasteiger partial charge >= 0.3 is 0 Å². The van der Waals surface area contributed by atoms with Gasteiger partial charge in [-0.25, -0.2) is 0 Å². The SMILES string of the molecule is CC(C)COCCOCc1ccoc1CNC1CC1. The number of rotatable bonds is 10. The summed E-state index contributed by atoms with van der Waals surface area (Å²) in [5.74, 6) is 1.57. The molecule has 0 atom stereocenters. The molecule has 0 aliphatic heterocycles. The molecule has 1 heterocycles. The second-order valence-corrected chi connectivity index (χ2v) is 5.55. The molecule has 19 heavy (non-hydrogen) atoms. The lowest BCUT2D eigenvalue weighted by molar-refractivity contribution is 0.0310. The molecule has 2 rings (SSSR count). The van der Waals surface area contributed by atoms with Crippen LogP contribution >= 0.6 is 0 Å². The van der Waals surface area contributed by atoms with Crippen LogP contribution in [0.2, 0.25) is 0 Å². The average molecular weight is 267 g/mol. The van der Waals surface area contributed by atoms with Crippen molar-refractivity contribution in [2.45, 2.75) is 45.9 Å². The lowest BCUT2D eigenvalue weighted by atomic mass is 10.2. The molecule has 0 saturated heterocycles. The summed E-state index contributed by atoms with van der Waals surface area (Å²) < 4.78 is 16.6. The standard InChI is InChI=1S/C15H25NO3/c1-12(2)10-17-7-8-18-11-13-5-6-19-15(13)9-16-14-3-4-14/h5-6,12,14,16H,3-4,7-11H2,1-2H3. The zero-order valence-electron chi connectivity index (χ0n) is 12.0. The highest BCUT2D eigenvalue weighted by Gasteiger charge is 2.21. The monoisotopic (exact) mass is 267 g/mol. The van der Waals surface area contributed by atoms with Gasteiger partial charge in [-0.15, -0.1) is 0 Å². The Balaban J connectivity index is 1.58. The Morgan fingerprint density at radius 2 is 2.11 bits per heavy atom. The van der Waals surface area contributed by atoms with E-state index < -0.39 is 0 Å². The van der Waals surface area contributed by atoms with Crippen molar-refractivity contribution in [2.24, 2.45) is 5.92 Å². The summed E-state index contributed by atoms with van der Waals surface area (Å²) in [6, 6.07) is 2.68. The fraction of sp³-hybridized carbons (Fsp3) is 0.733. The molecule has 108 valence electrons. The molecule has 0 bridgehead atoms. The van der Waals surface area contributed by atoms with Crippen LogP contribution in [0.1, 0.15) is 38.0 Å². The van der Waals surface area contributed by atoms with E-state index in [1.807, 2.05) is 6.07 Å². The predicted octanol–water partition coefficient (Wildman–Crippen LogP) is 2.72. The van der Waals surface area contributed by atoms with Gasteiger partial charge < -0.3 is 19.2 Å². The lowest BCUT2D eigenvalue weighted by Gasteiger charge is -2.08. The number of nitrogens with one attached hydrogen (secondary N) is 1. The minimum Gasteiger partial charge on any atom is -0.468 e. The Kier molecular flexibility index (Phi) is 5.89. The molecule has 0 spiro atoms. The minimum absolute atomic E-state index is 0.578. The van der Waals surface area contributed by atoms with Gasteiger partial charge in [0.15, 0.2) is 0 Å². The first-order chi connectivity index (χ1) is 9.25. The Morgan fingerprint density at radius 1 is 1.32 bits per heavy atom. The average Bonchev–Trinajstić information content (AvgIpc) is 3.10. The van der Waals surface area contributed by atoms with Crippen molar-refractivity contribution in [3.05, 3.63) is 23.7 Å². The maximum atomic E-state index is 5.61. The Bertz CT molecular complexity index is 358. The van der Waals surface area contributed by atoms with Crippen molar-refractivity contribution in [3.8, 4) is 0 Å². The van der Waals surface area contributed by atoms with E-state index in [2.05, 4.69) is 19.2 Å². The Hall–Kier alpha value is -0.840. The fourth-order valence-corrected chi connectivity index (χ4v) is 1.79. The van der Waals surface area contributed by atoms with E-state index in [9.17, 15) is 0 Å². The van der Waals surface area contributed by atoms with Gasteiger partial charge in [-0.1, -0.05) is 13.8 Å². The third kappa shape index (κ3) is 5.76. The van der Waals surface area contributed by atoms with Gasteiger partial charge in [-0.2, -0.15) is 0 Å². The summed E-state index contributed by atoms with van der Waals surface area (Å²) in [7, 11) is 0. The molecule has 1 aromatic heterocycles. The van der Waals surface area contributed by atoms with Crippen LogP contribution in [0.5, 0.6) is 0 Å². The molecule has 1 fully saturated rings. The van der Waals surface area contributed by atoms with Gasteiger partial charge in [0.25, 0.3) is 0 Å². The summed E-state index contributed by atoms with van der Waals surface area (Å²) in [5.41, 5.74) is 1.14. The summed E-state index contributed by atoms with van der Waals surface area (Å²) in [6.45, 7) is 7.78. The molecule has 1 aromatic rings. The summed E-state index contributed by atoms with van der Waals surface area (Å²) >= 11 is 0. The molecule has 0 aromatic carbocycles. The second kappa shape index (κ2) is 7.68. The first-order valence-electron chi connectivity index (χ1n) is 7.20. The zero-order valence-corrected chi connectivity index (χ0v) is 12.0. The molecule has 1 saturated carbocycles. The summed E-state index contributed by atoms with van der Waals surface area (Å²) in [5, 5.41) is 3.45. The molecule has 0 radical (unpaired) electrons. The van der Waals surface area contributed by atoms with Crippen LogP contribution in [-0.2, 0) is 22.6 Å². The smallest absolute Gasteiger partial charge is 0.123 e. The third-order valence-corrected chi connectivity index (χ3v) is 3.05. The second-order valence-electron chi connectivity index (χ2n) is 5.55. The number of hydrogen-bond donors (Lipinski definition) is 1. The van der Waals surface area contributed by atoms with E-state index in [0.29, 0.717) is 31.8 Å². The topological polar surface area (TPSA) is 43.6 Å². The fourth-order valence-electron chi connectivity index (χ4n) is 1.79. The molecular weight excluding hydrogens is 242 g/mol. The third-order valence-electron chi connectivity index (χ3n) is 3.05. The molecule has 0 unspecified atom stereocenters. The normalized spacial score (nSPS) is 15.3. The quantitative estimate of drug-likeness (QED) is 0.662. The van der Waals surface area contributed by atoms with E-state index in [-0.39, 0.29) is 0 Å². The molecule has 4 nitrogen and oxygen atoms in total. The van der Waals surface area contributed by atoms with E-state index in [0.717, 1.165) is 24.5 Å². The minimum atomic E-state index is 0.578. The van der Waals surface area contributed by atoms with Crippen molar-refractivity contribution >= 4 is 0 Å². The van der Waals surface area contributed by atoms with Crippen LogP contribution in [0.15, 0.2) is 16.7 Å². The van der Waals surface area contributed by atoms with E-state index in [1.54, 1.807) is 6.26 Å². The first kappa shape index (κ1) is 14.6. The molecule has 0 amide bonds. The molecular formula is C15H25NO3. The van der Waals surface area contributed by atoms with Gasteiger partial charge in [0.2, 0.25) is 0 Å². The van der Waals surface area contributed by atoms with Crippen molar-refractivity contribution in [1.29, 1.82) is 0 Å². The first-order valence-corrected chi connectivity index (χ1v) is 7.20. The lowest BCUT2D eigenvalue weighted by Crippen LogP contribution is -2.16. The highest BCUT2D eigenvalue weighted by molar-refractivity contribution is 5.16. The molecule has 1 N–H and O–H groups in total. The Labute approximate surface area is 115 Å². The van der Waals surface area contributed by atoms with Crippen molar-refractivity contribution in [2.75, 3.05) is 19.8 Å². The summed E-state index contributed by atoms with van der Waals surface area (Å²) in [6.07, 6.45) is 4.32. The van der Waals surface area contributed by atoms with Gasteiger partial charge in [0.1, 0.15) is 5.76 Å². The largest absolute Gasteiger partial charge is 0.468 e. The highest BCUT2D eigenvalue weighted by atomic mass is 16.5. The Morgan fingerprint density at radius 3 is 2.84 bits per heavy atom. The molecule has 4 heteroatoms. The van der Waals surface area contributed by atoms with Gasteiger partial charge in [-0.05, 0) is 24.8 Å². The molecule has 1 aliphatic rings. The summed E-state index contributed by atoms with van der Waals surface area (Å²) in [4.78, 5) is 0. The van der Waals surface area contributed by atoms with E-state index >= 15 is 0 Å². The van der Waals surface area contributed by atoms with Crippen LogP contribution < -0.4 is 5.32 Å². The highest BCUT2D eigenvalue weighted by Crippen LogP contribution is 2.20. The van der Waals surface area contributed by atoms with Gasteiger partial charge in [0.05, 0.1) is 32.6 Å². The van der Waals surface area contributed by atoms with Gasteiger partial charge in [-0.3, -0.25) is 0 Å². The predicted molar refractivity (Wildman–Crippen MR) is 73.9 cm³/mol. The molecule has 1 aliphatic carbocycles.